The van der Waals surface area contributed by atoms with Crippen LogP contribution >= 0.6 is 11.6 Å². The molecule has 0 aliphatic rings. The van der Waals surface area contributed by atoms with E-state index in [-0.39, 0.29) is 0 Å². The number of benzene rings is 3. The van der Waals surface area contributed by atoms with Crippen molar-refractivity contribution in [3.63, 3.8) is 0 Å². The molecule has 3 heteroatoms. The first-order chi connectivity index (χ1) is 19.1. The Morgan fingerprint density at radius 2 is 1.38 bits per heavy atom. The summed E-state index contributed by atoms with van der Waals surface area (Å²) in [5.74, 6) is 0.962. The number of imidazole rings is 1. The summed E-state index contributed by atoms with van der Waals surface area (Å²) in [4.78, 5) is 8.57. The van der Waals surface area contributed by atoms with E-state index in [2.05, 4.69) is 74.3 Å². The SMILES string of the molecule is CCCCCCCCc1cc(CC)ccc1-c1ncc(-c2cccc3c(Cl)cc(CCCCCCC)cc23)[nH]1. The van der Waals surface area contributed by atoms with Crippen LogP contribution in [0.25, 0.3) is 33.4 Å². The van der Waals surface area contributed by atoms with Crippen molar-refractivity contribution >= 4 is 22.4 Å². The Bertz CT molecular complexity index is 1320. The van der Waals surface area contributed by atoms with Gasteiger partial charge in [0.05, 0.1) is 11.9 Å². The zero-order chi connectivity index (χ0) is 27.5. The molecule has 39 heavy (non-hydrogen) atoms. The van der Waals surface area contributed by atoms with Crippen LogP contribution in [0, 0.1) is 0 Å². The summed E-state index contributed by atoms with van der Waals surface area (Å²) >= 11 is 6.80. The lowest BCUT2D eigenvalue weighted by atomic mass is 9.96. The van der Waals surface area contributed by atoms with E-state index >= 15 is 0 Å². The van der Waals surface area contributed by atoms with Crippen molar-refractivity contribution in [2.75, 3.05) is 0 Å². The van der Waals surface area contributed by atoms with Crippen molar-refractivity contribution in [3.8, 4) is 22.6 Å². The smallest absolute Gasteiger partial charge is 0.138 e. The quantitative estimate of drug-likeness (QED) is 0.140. The van der Waals surface area contributed by atoms with Gasteiger partial charge in [-0.25, -0.2) is 4.98 Å². The van der Waals surface area contributed by atoms with Gasteiger partial charge in [-0.3, -0.25) is 0 Å². The molecule has 4 rings (SSSR count). The molecule has 0 saturated heterocycles. The van der Waals surface area contributed by atoms with Crippen molar-refractivity contribution in [2.24, 2.45) is 0 Å². The maximum Gasteiger partial charge on any atom is 0.138 e. The van der Waals surface area contributed by atoms with E-state index in [1.54, 1.807) is 0 Å². The van der Waals surface area contributed by atoms with Crippen LogP contribution in [0.1, 0.15) is 108 Å². The molecule has 0 saturated carbocycles. The first-order valence-electron chi connectivity index (χ1n) is 15.5. The van der Waals surface area contributed by atoms with Gasteiger partial charge in [-0.1, -0.05) is 133 Å². The number of unbranched alkanes of at least 4 members (excludes halogenated alkanes) is 9. The Morgan fingerprint density at radius 1 is 0.667 bits per heavy atom. The summed E-state index contributed by atoms with van der Waals surface area (Å²) in [7, 11) is 0. The van der Waals surface area contributed by atoms with Gasteiger partial charge in [0.2, 0.25) is 0 Å². The van der Waals surface area contributed by atoms with E-state index in [0.29, 0.717) is 0 Å². The molecule has 0 bridgehead atoms. The van der Waals surface area contributed by atoms with Crippen molar-refractivity contribution in [1.29, 1.82) is 0 Å². The topological polar surface area (TPSA) is 28.7 Å². The lowest BCUT2D eigenvalue weighted by Crippen LogP contribution is -1.95. The average molecular weight is 543 g/mol. The van der Waals surface area contributed by atoms with E-state index in [1.165, 1.54) is 104 Å². The zero-order valence-corrected chi connectivity index (χ0v) is 25.2. The third-order valence-electron chi connectivity index (χ3n) is 8.07. The largest absolute Gasteiger partial charge is 0.338 e. The second kappa shape index (κ2) is 15.3. The number of aromatic nitrogens is 2. The summed E-state index contributed by atoms with van der Waals surface area (Å²) in [6, 6.07) is 17.9. The number of halogens is 1. The van der Waals surface area contributed by atoms with Gasteiger partial charge in [0, 0.05) is 21.5 Å². The minimum atomic E-state index is 0.842. The Labute approximate surface area is 241 Å². The molecule has 0 radical (unpaired) electrons. The van der Waals surface area contributed by atoms with Gasteiger partial charge in [-0.05, 0) is 60.2 Å². The van der Waals surface area contributed by atoms with Gasteiger partial charge in [-0.15, -0.1) is 0 Å². The predicted molar refractivity (Wildman–Crippen MR) is 171 cm³/mol. The van der Waals surface area contributed by atoms with Crippen LogP contribution in [-0.4, -0.2) is 9.97 Å². The van der Waals surface area contributed by atoms with Gasteiger partial charge >= 0.3 is 0 Å². The van der Waals surface area contributed by atoms with Gasteiger partial charge in [0.15, 0.2) is 0 Å². The summed E-state index contributed by atoms with van der Waals surface area (Å²) in [5, 5.41) is 3.16. The van der Waals surface area contributed by atoms with Crippen molar-refractivity contribution in [2.45, 2.75) is 111 Å². The highest BCUT2D eigenvalue weighted by Crippen LogP contribution is 2.35. The van der Waals surface area contributed by atoms with Gasteiger partial charge in [0.25, 0.3) is 0 Å². The first kappa shape index (κ1) is 29.4. The van der Waals surface area contributed by atoms with Crippen LogP contribution in [0.15, 0.2) is 54.7 Å². The monoisotopic (exact) mass is 542 g/mol. The maximum atomic E-state index is 6.80. The lowest BCUT2D eigenvalue weighted by molar-refractivity contribution is 0.607. The number of nitrogens with zero attached hydrogens (tertiary/aromatic N) is 1. The lowest BCUT2D eigenvalue weighted by Gasteiger charge is -2.11. The number of hydrogen-bond donors (Lipinski definition) is 1. The van der Waals surface area contributed by atoms with Crippen molar-refractivity contribution in [1.82, 2.24) is 9.97 Å². The molecule has 0 aliphatic heterocycles. The Morgan fingerprint density at radius 3 is 2.13 bits per heavy atom. The highest BCUT2D eigenvalue weighted by molar-refractivity contribution is 6.36. The van der Waals surface area contributed by atoms with E-state index in [4.69, 9.17) is 16.6 Å². The van der Waals surface area contributed by atoms with Crippen LogP contribution < -0.4 is 0 Å². The molecule has 208 valence electrons. The Balaban J connectivity index is 1.57. The fraction of sp³-hybridized carbons (Fsp3) is 0.472. The fourth-order valence-corrected chi connectivity index (χ4v) is 6.01. The Kier molecular flexibility index (Phi) is 11.5. The number of H-pyrrole nitrogens is 1. The number of aryl methyl sites for hydroxylation is 3. The maximum absolute atomic E-state index is 6.80. The summed E-state index contributed by atoms with van der Waals surface area (Å²) in [6.07, 6.45) is 19.6. The third kappa shape index (κ3) is 7.98. The van der Waals surface area contributed by atoms with Crippen LogP contribution in [0.4, 0.5) is 0 Å². The summed E-state index contributed by atoms with van der Waals surface area (Å²) in [5.41, 5.74) is 7.60. The van der Waals surface area contributed by atoms with Crippen LogP contribution in [-0.2, 0) is 19.3 Å². The summed E-state index contributed by atoms with van der Waals surface area (Å²) in [6.45, 7) is 6.78. The second-order valence-corrected chi connectivity index (χ2v) is 11.6. The zero-order valence-electron chi connectivity index (χ0n) is 24.4. The molecule has 1 heterocycles. The van der Waals surface area contributed by atoms with E-state index in [0.717, 1.165) is 41.2 Å². The van der Waals surface area contributed by atoms with Gasteiger partial charge < -0.3 is 4.98 Å². The molecule has 1 N–H and O–H groups in total. The molecular formula is C36H47ClN2. The molecule has 0 spiro atoms. The number of rotatable bonds is 16. The van der Waals surface area contributed by atoms with Crippen LogP contribution in [0.2, 0.25) is 5.02 Å². The molecule has 3 aromatic carbocycles. The van der Waals surface area contributed by atoms with Crippen LogP contribution in [0.5, 0.6) is 0 Å². The molecule has 4 aromatic rings. The molecule has 1 aromatic heterocycles. The highest BCUT2D eigenvalue weighted by atomic mass is 35.5. The van der Waals surface area contributed by atoms with E-state index in [9.17, 15) is 0 Å². The normalized spacial score (nSPS) is 11.5. The van der Waals surface area contributed by atoms with E-state index in [1.807, 2.05) is 6.20 Å². The van der Waals surface area contributed by atoms with E-state index < -0.39 is 0 Å². The minimum absolute atomic E-state index is 0.842. The number of aromatic amines is 1. The molecule has 2 nitrogen and oxygen atoms in total. The minimum Gasteiger partial charge on any atom is -0.338 e. The molecule has 0 unspecified atom stereocenters. The number of fused-ring (bicyclic) bond motifs is 1. The van der Waals surface area contributed by atoms with Gasteiger partial charge in [0.1, 0.15) is 5.82 Å². The first-order valence-corrected chi connectivity index (χ1v) is 15.9. The fourth-order valence-electron chi connectivity index (χ4n) is 5.70. The number of hydrogen-bond acceptors (Lipinski definition) is 1. The van der Waals surface area contributed by atoms with Crippen molar-refractivity contribution in [3.05, 3.63) is 76.4 Å². The molecule has 0 fully saturated rings. The molecule has 0 atom stereocenters. The van der Waals surface area contributed by atoms with Crippen molar-refractivity contribution < 1.29 is 0 Å². The van der Waals surface area contributed by atoms with Crippen LogP contribution in [0.3, 0.4) is 0 Å². The van der Waals surface area contributed by atoms with Gasteiger partial charge in [-0.2, -0.15) is 0 Å². The highest BCUT2D eigenvalue weighted by Gasteiger charge is 2.14. The molecule has 0 amide bonds. The average Bonchev–Trinajstić information content (AvgIpc) is 3.44. The number of nitrogens with one attached hydrogen (secondary N) is 1. The molecule has 0 aliphatic carbocycles. The Hall–Kier alpha value is -2.58. The third-order valence-corrected chi connectivity index (χ3v) is 8.39. The summed E-state index contributed by atoms with van der Waals surface area (Å²) < 4.78 is 0. The second-order valence-electron chi connectivity index (χ2n) is 11.2. The standard InChI is InChI=1S/C36H47ClN2/c1-4-7-9-11-13-15-18-29-23-27(6-3)21-22-30(29)36-38-26-35(39-36)32-20-16-19-31-33(32)24-28(25-34(31)37)17-14-12-10-8-5-2/h16,19-26H,4-15,17-18H2,1-3H3,(H,38,39). The predicted octanol–water partition coefficient (Wildman–Crippen LogP) is 11.5. The molecular weight excluding hydrogens is 496 g/mol.